The highest BCUT2D eigenvalue weighted by Gasteiger charge is 2.58. The van der Waals surface area contributed by atoms with Crippen LogP contribution in [0.4, 0.5) is 5.69 Å². The van der Waals surface area contributed by atoms with E-state index in [4.69, 9.17) is 0 Å². The number of hydrogen-bond acceptors (Lipinski definition) is 2. The maximum atomic E-state index is 12.8. The number of benzene rings is 2. The van der Waals surface area contributed by atoms with E-state index in [1.807, 2.05) is 0 Å². The van der Waals surface area contributed by atoms with Gasteiger partial charge in [-0.2, -0.15) is 0 Å². The first kappa shape index (κ1) is 15.0. The van der Waals surface area contributed by atoms with Crippen LogP contribution in [0.1, 0.15) is 43.2 Å². The Morgan fingerprint density at radius 3 is 2.68 bits per heavy atom. The fourth-order valence-electron chi connectivity index (χ4n) is 5.46. The van der Waals surface area contributed by atoms with Crippen LogP contribution in [-0.4, -0.2) is 23.4 Å². The van der Waals surface area contributed by atoms with Gasteiger partial charge in [0, 0.05) is 30.8 Å². The number of rotatable bonds is 2. The zero-order chi connectivity index (χ0) is 16.9. The van der Waals surface area contributed by atoms with Gasteiger partial charge in [-0.1, -0.05) is 48.5 Å². The van der Waals surface area contributed by atoms with Gasteiger partial charge in [-0.3, -0.25) is 4.79 Å². The molecule has 0 saturated carbocycles. The lowest BCUT2D eigenvalue weighted by Crippen LogP contribution is -2.52. The second-order valence-corrected chi connectivity index (χ2v) is 7.61. The van der Waals surface area contributed by atoms with Gasteiger partial charge in [-0.25, -0.2) is 0 Å². The van der Waals surface area contributed by atoms with Gasteiger partial charge in [-0.15, -0.1) is 0 Å². The Morgan fingerprint density at radius 1 is 1.00 bits per heavy atom. The maximum absolute atomic E-state index is 12.8. The Kier molecular flexibility index (Phi) is 3.37. The van der Waals surface area contributed by atoms with E-state index in [1.54, 1.807) is 0 Å². The van der Waals surface area contributed by atoms with Crippen molar-refractivity contribution in [2.75, 3.05) is 11.4 Å². The Balaban J connectivity index is 1.65. The van der Waals surface area contributed by atoms with Crippen molar-refractivity contribution in [2.45, 2.75) is 50.2 Å². The van der Waals surface area contributed by atoms with Crippen molar-refractivity contribution in [2.24, 2.45) is 0 Å². The van der Waals surface area contributed by atoms with Gasteiger partial charge in [0.2, 0.25) is 5.91 Å². The average molecular weight is 332 g/mol. The minimum absolute atomic E-state index is 0.0983. The minimum Gasteiger partial charge on any atom is -0.361 e. The number of carbonyl (C=O) groups is 1. The Bertz CT molecular complexity index is 803. The van der Waals surface area contributed by atoms with E-state index in [9.17, 15) is 4.79 Å². The molecule has 1 unspecified atom stereocenters. The van der Waals surface area contributed by atoms with E-state index < -0.39 is 0 Å². The molecule has 3 aliphatic heterocycles. The lowest BCUT2D eigenvalue weighted by molar-refractivity contribution is -0.135. The summed E-state index contributed by atoms with van der Waals surface area (Å²) < 4.78 is 0. The largest absolute Gasteiger partial charge is 0.361 e. The molecule has 2 atom stereocenters. The van der Waals surface area contributed by atoms with Crippen molar-refractivity contribution in [3.63, 3.8) is 0 Å². The summed E-state index contributed by atoms with van der Waals surface area (Å²) in [5.74, 6) is 0.358. The molecule has 3 heterocycles. The zero-order valence-electron chi connectivity index (χ0n) is 14.5. The molecule has 2 aromatic carbocycles. The third-order valence-corrected chi connectivity index (χ3v) is 6.39. The molecule has 0 bridgehead atoms. The summed E-state index contributed by atoms with van der Waals surface area (Å²) in [4.78, 5) is 17.6. The number of hydrogen-bond donors (Lipinski definition) is 0. The van der Waals surface area contributed by atoms with E-state index in [0.29, 0.717) is 18.4 Å². The molecule has 2 saturated heterocycles. The molecular formula is C22H24N2O. The molecule has 2 aromatic rings. The van der Waals surface area contributed by atoms with Crippen molar-refractivity contribution >= 4 is 11.6 Å². The van der Waals surface area contributed by atoms with Crippen LogP contribution in [0.2, 0.25) is 0 Å². The molecular weight excluding hydrogens is 308 g/mol. The number of para-hydroxylation sites is 1. The average Bonchev–Trinajstić information content (AvgIpc) is 3.16. The number of fused-ring (bicyclic) bond motifs is 1. The number of carbonyl (C=O) groups excluding carboxylic acids is 1. The molecule has 1 amide bonds. The molecule has 1 spiro atoms. The predicted octanol–water partition coefficient (Wildman–Crippen LogP) is 4.08. The Morgan fingerprint density at radius 2 is 1.80 bits per heavy atom. The first-order valence-corrected chi connectivity index (χ1v) is 9.51. The summed E-state index contributed by atoms with van der Waals surface area (Å²) >= 11 is 0. The van der Waals surface area contributed by atoms with E-state index in [0.717, 1.165) is 38.8 Å². The van der Waals surface area contributed by atoms with Crippen LogP contribution in [0.3, 0.4) is 0 Å². The molecule has 0 radical (unpaired) electrons. The summed E-state index contributed by atoms with van der Waals surface area (Å²) in [7, 11) is 0. The van der Waals surface area contributed by atoms with Crippen molar-refractivity contribution in [1.82, 2.24) is 4.90 Å². The van der Waals surface area contributed by atoms with E-state index in [1.165, 1.54) is 16.8 Å². The van der Waals surface area contributed by atoms with Crippen LogP contribution in [0.25, 0.3) is 0 Å². The third kappa shape index (κ3) is 2.08. The summed E-state index contributed by atoms with van der Waals surface area (Å²) in [5.41, 5.74) is 3.95. The number of nitrogens with zero attached hydrogens (tertiary/aromatic N) is 2. The minimum atomic E-state index is -0.0983. The van der Waals surface area contributed by atoms with Crippen molar-refractivity contribution < 1.29 is 4.79 Å². The lowest BCUT2D eigenvalue weighted by atomic mass is 9.82. The SMILES string of the molecule is O=C1CCCC2N(Cc3ccccc3)c3ccccc3[C@]23CCCN13. The maximum Gasteiger partial charge on any atom is 0.223 e. The van der Waals surface area contributed by atoms with Gasteiger partial charge in [0.1, 0.15) is 0 Å². The first-order chi connectivity index (χ1) is 12.3. The van der Waals surface area contributed by atoms with Gasteiger partial charge in [-0.05, 0) is 37.3 Å². The Hall–Kier alpha value is -2.29. The summed E-state index contributed by atoms with van der Waals surface area (Å²) in [6, 6.07) is 19.9. The summed E-state index contributed by atoms with van der Waals surface area (Å²) in [5, 5.41) is 0. The lowest BCUT2D eigenvalue weighted by Gasteiger charge is -2.41. The molecule has 25 heavy (non-hydrogen) atoms. The van der Waals surface area contributed by atoms with Gasteiger partial charge in [0.05, 0.1) is 11.6 Å². The first-order valence-electron chi connectivity index (χ1n) is 9.51. The van der Waals surface area contributed by atoms with Crippen molar-refractivity contribution in [3.05, 3.63) is 65.7 Å². The molecule has 5 rings (SSSR count). The monoisotopic (exact) mass is 332 g/mol. The molecule has 128 valence electrons. The van der Waals surface area contributed by atoms with Crippen LogP contribution in [0.5, 0.6) is 0 Å². The number of anilines is 1. The van der Waals surface area contributed by atoms with E-state index in [-0.39, 0.29) is 5.54 Å². The highest BCUT2D eigenvalue weighted by Crippen LogP contribution is 2.55. The highest BCUT2D eigenvalue weighted by molar-refractivity contribution is 5.80. The standard InChI is InChI=1S/C22H24N2O/c25-21-13-6-12-20-22(14-7-15-24(21)22)18-10-4-5-11-19(18)23(20)16-17-8-2-1-3-9-17/h1-5,8-11,20H,6-7,12-16H2/t20?,22-/m1/s1. The molecule has 0 N–H and O–H groups in total. The van der Waals surface area contributed by atoms with Gasteiger partial charge >= 0.3 is 0 Å². The van der Waals surface area contributed by atoms with Crippen LogP contribution in [0.15, 0.2) is 54.6 Å². The zero-order valence-corrected chi connectivity index (χ0v) is 14.5. The highest BCUT2D eigenvalue weighted by atomic mass is 16.2. The van der Waals surface area contributed by atoms with Gasteiger partial charge in [0.15, 0.2) is 0 Å². The third-order valence-electron chi connectivity index (χ3n) is 6.39. The van der Waals surface area contributed by atoms with Gasteiger partial charge < -0.3 is 9.80 Å². The van der Waals surface area contributed by atoms with Crippen LogP contribution in [-0.2, 0) is 16.9 Å². The van der Waals surface area contributed by atoms with Crippen LogP contribution in [0, 0.1) is 0 Å². The Labute approximate surface area is 149 Å². The molecule has 2 fully saturated rings. The molecule has 3 heteroatoms. The second-order valence-electron chi connectivity index (χ2n) is 7.61. The second kappa shape index (κ2) is 5.62. The molecule has 3 aliphatic rings. The predicted molar refractivity (Wildman–Crippen MR) is 99.3 cm³/mol. The van der Waals surface area contributed by atoms with Crippen molar-refractivity contribution in [3.8, 4) is 0 Å². The molecule has 0 aliphatic carbocycles. The fourth-order valence-corrected chi connectivity index (χ4v) is 5.46. The quantitative estimate of drug-likeness (QED) is 0.827. The summed E-state index contributed by atoms with van der Waals surface area (Å²) in [6.45, 7) is 1.84. The summed E-state index contributed by atoms with van der Waals surface area (Å²) in [6.07, 6.45) is 5.03. The molecule has 3 nitrogen and oxygen atoms in total. The van der Waals surface area contributed by atoms with Crippen LogP contribution >= 0.6 is 0 Å². The van der Waals surface area contributed by atoms with E-state index in [2.05, 4.69) is 64.4 Å². The van der Waals surface area contributed by atoms with Crippen LogP contribution < -0.4 is 4.90 Å². The topological polar surface area (TPSA) is 23.6 Å². The normalized spacial score (nSPS) is 27.7. The fraction of sp³-hybridized carbons (Fsp3) is 0.409. The van der Waals surface area contributed by atoms with Gasteiger partial charge in [0.25, 0.3) is 0 Å². The number of amides is 1. The molecule has 0 aromatic heterocycles. The van der Waals surface area contributed by atoms with E-state index >= 15 is 0 Å². The van der Waals surface area contributed by atoms with Crippen molar-refractivity contribution in [1.29, 1.82) is 0 Å². The smallest absolute Gasteiger partial charge is 0.223 e.